The minimum atomic E-state index is -0.0505. The molecule has 6 heteroatoms. The van der Waals surface area contributed by atoms with Gasteiger partial charge < -0.3 is 11.1 Å². The van der Waals surface area contributed by atoms with Gasteiger partial charge in [0, 0.05) is 25.8 Å². The highest BCUT2D eigenvalue weighted by Crippen LogP contribution is 2.23. The highest BCUT2D eigenvalue weighted by molar-refractivity contribution is 5.81. The van der Waals surface area contributed by atoms with Crippen LogP contribution < -0.4 is 11.1 Å². The quantitative estimate of drug-likeness (QED) is 0.778. The normalized spacial score (nSPS) is 18.6. The van der Waals surface area contributed by atoms with Gasteiger partial charge in [-0.25, -0.2) is 0 Å². The van der Waals surface area contributed by atoms with Gasteiger partial charge in [-0.2, -0.15) is 5.10 Å². The molecule has 21 heavy (non-hydrogen) atoms. The zero-order chi connectivity index (χ0) is 15.2. The predicted octanol–water partition coefficient (Wildman–Crippen LogP) is 1.41. The highest BCUT2D eigenvalue weighted by Gasteiger charge is 2.27. The van der Waals surface area contributed by atoms with Crippen LogP contribution in [0.2, 0.25) is 0 Å². The lowest BCUT2D eigenvalue weighted by atomic mass is 10.0. The molecular weight excluding hydrogens is 266 g/mol. The third-order valence-electron chi connectivity index (χ3n) is 4.26. The summed E-state index contributed by atoms with van der Waals surface area (Å²) in [5.41, 5.74) is 5.66. The summed E-state index contributed by atoms with van der Waals surface area (Å²) in [6, 6.07) is 2.18. The van der Waals surface area contributed by atoms with E-state index in [1.807, 2.05) is 23.9 Å². The molecular formula is C15H27N5O. The number of nitrogens with one attached hydrogen (secondary N) is 1. The number of aromatic nitrogens is 2. The van der Waals surface area contributed by atoms with Crippen molar-refractivity contribution in [2.24, 2.45) is 0 Å². The molecule has 1 fully saturated rings. The van der Waals surface area contributed by atoms with Crippen molar-refractivity contribution < 1.29 is 4.79 Å². The lowest BCUT2D eigenvalue weighted by Crippen LogP contribution is -2.48. The van der Waals surface area contributed by atoms with Crippen LogP contribution >= 0.6 is 0 Å². The maximum absolute atomic E-state index is 12.1. The number of nitrogens with two attached hydrogens (primary N) is 1. The zero-order valence-corrected chi connectivity index (χ0v) is 13.1. The van der Waals surface area contributed by atoms with E-state index in [0.717, 1.165) is 45.3 Å². The van der Waals surface area contributed by atoms with Gasteiger partial charge >= 0.3 is 0 Å². The molecule has 118 valence electrons. The molecule has 1 amide bonds. The second-order valence-electron chi connectivity index (χ2n) is 5.81. The van der Waals surface area contributed by atoms with Gasteiger partial charge in [0.2, 0.25) is 5.91 Å². The van der Waals surface area contributed by atoms with Gasteiger partial charge in [-0.15, -0.1) is 0 Å². The van der Waals surface area contributed by atoms with Gasteiger partial charge in [-0.05, 0) is 32.3 Å². The van der Waals surface area contributed by atoms with E-state index in [1.165, 1.54) is 0 Å². The first-order valence-corrected chi connectivity index (χ1v) is 7.94. The van der Waals surface area contributed by atoms with Gasteiger partial charge in [-0.3, -0.25) is 14.4 Å². The van der Waals surface area contributed by atoms with Crippen molar-refractivity contribution in [1.29, 1.82) is 0 Å². The average Bonchev–Trinajstić information content (AvgIpc) is 2.93. The molecule has 0 aromatic carbocycles. The zero-order valence-electron chi connectivity index (χ0n) is 13.1. The number of rotatable bonds is 6. The van der Waals surface area contributed by atoms with Crippen LogP contribution in [0.4, 0.5) is 5.82 Å². The molecule has 2 heterocycles. The van der Waals surface area contributed by atoms with E-state index in [1.54, 1.807) is 0 Å². The first kappa shape index (κ1) is 15.8. The first-order valence-electron chi connectivity index (χ1n) is 7.94. The smallest absolute Gasteiger partial charge is 0.237 e. The molecule has 1 atom stereocenters. The van der Waals surface area contributed by atoms with Gasteiger partial charge in [-0.1, -0.05) is 13.3 Å². The predicted molar refractivity (Wildman–Crippen MR) is 83.9 cm³/mol. The summed E-state index contributed by atoms with van der Waals surface area (Å²) in [5, 5.41) is 7.30. The van der Waals surface area contributed by atoms with E-state index in [-0.39, 0.29) is 11.9 Å². The van der Waals surface area contributed by atoms with Gasteiger partial charge in [0.15, 0.2) is 0 Å². The third-order valence-corrected chi connectivity index (χ3v) is 4.26. The van der Waals surface area contributed by atoms with Crippen LogP contribution in [0.25, 0.3) is 0 Å². The van der Waals surface area contributed by atoms with Crippen LogP contribution in [0.5, 0.6) is 0 Å². The van der Waals surface area contributed by atoms with Crippen molar-refractivity contribution in [2.45, 2.75) is 51.6 Å². The third kappa shape index (κ3) is 4.20. The van der Waals surface area contributed by atoms with E-state index < -0.39 is 0 Å². The fourth-order valence-electron chi connectivity index (χ4n) is 2.80. The summed E-state index contributed by atoms with van der Waals surface area (Å²) in [7, 11) is 0. The molecule has 1 aliphatic heterocycles. The van der Waals surface area contributed by atoms with Gasteiger partial charge in [0.05, 0.1) is 12.1 Å². The SMILES string of the molecule is CCCCNC(=O)C(C)N1CCC(n2ccc(N)n2)CC1. The average molecular weight is 293 g/mol. The molecule has 0 spiro atoms. The number of amides is 1. The van der Waals surface area contributed by atoms with Gasteiger partial charge in [0.1, 0.15) is 5.82 Å². The Balaban J connectivity index is 1.78. The Morgan fingerprint density at radius 3 is 2.81 bits per heavy atom. The molecule has 0 saturated carbocycles. The number of hydrogen-bond acceptors (Lipinski definition) is 4. The molecule has 6 nitrogen and oxygen atoms in total. The number of piperidine rings is 1. The standard InChI is InChI=1S/C15H27N5O/c1-3-4-8-17-15(21)12(2)19-9-5-13(6-10-19)20-11-7-14(16)18-20/h7,11-13H,3-6,8-10H2,1-2H3,(H2,16,18)(H,17,21). The molecule has 1 saturated heterocycles. The van der Waals surface area contributed by atoms with E-state index in [2.05, 4.69) is 22.2 Å². The second kappa shape index (κ2) is 7.45. The number of likely N-dealkylation sites (tertiary alicyclic amines) is 1. The van der Waals surface area contributed by atoms with Crippen molar-refractivity contribution in [1.82, 2.24) is 20.0 Å². The minimum Gasteiger partial charge on any atom is -0.382 e. The molecule has 0 aliphatic carbocycles. The van der Waals surface area contributed by atoms with Crippen LogP contribution in [0.15, 0.2) is 12.3 Å². The molecule has 3 N–H and O–H groups in total. The Labute approximate surface area is 126 Å². The molecule has 1 aromatic heterocycles. The van der Waals surface area contributed by atoms with E-state index in [4.69, 9.17) is 5.73 Å². The van der Waals surface area contributed by atoms with E-state index in [9.17, 15) is 4.79 Å². The maximum atomic E-state index is 12.1. The second-order valence-corrected chi connectivity index (χ2v) is 5.81. The number of hydrogen-bond donors (Lipinski definition) is 2. The topological polar surface area (TPSA) is 76.2 Å². The van der Waals surface area contributed by atoms with Crippen LogP contribution in [0, 0.1) is 0 Å². The summed E-state index contributed by atoms with van der Waals surface area (Å²) in [6.07, 6.45) is 6.10. The van der Waals surface area contributed by atoms with Crippen molar-refractivity contribution >= 4 is 11.7 Å². The maximum Gasteiger partial charge on any atom is 0.237 e. The number of nitrogens with zero attached hydrogens (tertiary/aromatic N) is 3. The molecule has 2 rings (SSSR count). The summed E-state index contributed by atoms with van der Waals surface area (Å²) >= 11 is 0. The van der Waals surface area contributed by atoms with E-state index in [0.29, 0.717) is 11.9 Å². The summed E-state index contributed by atoms with van der Waals surface area (Å²) in [6.45, 7) is 6.75. The monoisotopic (exact) mass is 293 g/mol. The Kier molecular flexibility index (Phi) is 5.61. The molecule has 0 radical (unpaired) electrons. The minimum absolute atomic E-state index is 0.0505. The Morgan fingerprint density at radius 1 is 1.52 bits per heavy atom. The summed E-state index contributed by atoms with van der Waals surface area (Å²) in [4.78, 5) is 14.3. The largest absolute Gasteiger partial charge is 0.382 e. The fraction of sp³-hybridized carbons (Fsp3) is 0.733. The van der Waals surface area contributed by atoms with Crippen molar-refractivity contribution in [3.05, 3.63) is 12.3 Å². The lowest BCUT2D eigenvalue weighted by Gasteiger charge is -2.35. The first-order chi connectivity index (χ1) is 10.1. The van der Waals surface area contributed by atoms with Crippen LogP contribution in [0.3, 0.4) is 0 Å². The number of anilines is 1. The number of unbranched alkanes of at least 4 members (excludes halogenated alkanes) is 1. The Hall–Kier alpha value is -1.56. The van der Waals surface area contributed by atoms with Crippen molar-refractivity contribution in [3.63, 3.8) is 0 Å². The van der Waals surface area contributed by atoms with Crippen molar-refractivity contribution in [2.75, 3.05) is 25.4 Å². The Bertz CT molecular complexity index is 451. The molecule has 0 bridgehead atoms. The van der Waals surface area contributed by atoms with Crippen LogP contribution in [-0.2, 0) is 4.79 Å². The molecule has 1 unspecified atom stereocenters. The van der Waals surface area contributed by atoms with Crippen molar-refractivity contribution in [3.8, 4) is 0 Å². The Morgan fingerprint density at radius 2 is 2.24 bits per heavy atom. The van der Waals surface area contributed by atoms with E-state index >= 15 is 0 Å². The lowest BCUT2D eigenvalue weighted by molar-refractivity contribution is -0.126. The number of carbonyl (C=O) groups is 1. The summed E-state index contributed by atoms with van der Waals surface area (Å²) in [5.74, 6) is 0.714. The number of carbonyl (C=O) groups excluding carboxylic acids is 1. The van der Waals surface area contributed by atoms with Crippen LogP contribution in [0.1, 0.15) is 45.6 Å². The fourth-order valence-corrected chi connectivity index (χ4v) is 2.80. The van der Waals surface area contributed by atoms with Gasteiger partial charge in [0.25, 0.3) is 0 Å². The highest BCUT2D eigenvalue weighted by atomic mass is 16.2. The summed E-state index contributed by atoms with van der Waals surface area (Å²) < 4.78 is 1.96. The van der Waals surface area contributed by atoms with Crippen LogP contribution in [-0.4, -0.2) is 46.3 Å². The molecule has 1 aromatic rings. The number of nitrogen functional groups attached to an aromatic ring is 1. The molecule has 1 aliphatic rings.